The Morgan fingerprint density at radius 1 is 1.15 bits per heavy atom. The van der Waals surface area contributed by atoms with Crippen molar-refractivity contribution in [1.29, 1.82) is 0 Å². The van der Waals surface area contributed by atoms with Crippen molar-refractivity contribution in [2.24, 2.45) is 7.05 Å². The minimum atomic E-state index is -0.0505. The third-order valence-corrected chi connectivity index (χ3v) is 4.86. The quantitative estimate of drug-likeness (QED) is 0.715. The topological polar surface area (TPSA) is 81.7 Å². The highest BCUT2D eigenvalue weighted by Crippen LogP contribution is 2.27. The van der Waals surface area contributed by atoms with Crippen molar-refractivity contribution >= 4 is 5.91 Å². The minimum absolute atomic E-state index is 0.0505. The van der Waals surface area contributed by atoms with E-state index in [0.29, 0.717) is 24.7 Å². The van der Waals surface area contributed by atoms with E-state index in [2.05, 4.69) is 58.7 Å². The molecule has 0 radical (unpaired) electrons. The maximum atomic E-state index is 12.4. The van der Waals surface area contributed by atoms with Gasteiger partial charge in [0.15, 0.2) is 0 Å². The van der Waals surface area contributed by atoms with Crippen molar-refractivity contribution in [3.8, 4) is 5.69 Å². The zero-order chi connectivity index (χ0) is 18.3. The van der Waals surface area contributed by atoms with Crippen LogP contribution in [0.25, 0.3) is 5.69 Å². The van der Waals surface area contributed by atoms with E-state index >= 15 is 0 Å². The first-order chi connectivity index (χ1) is 12.5. The lowest BCUT2D eigenvalue weighted by Crippen LogP contribution is -2.49. The standard InChI is InChI=1S/C18H21N7O/c1-12(2)13-4-6-15(7-5-13)25-11-16(20-22-25)14-9-24(10-14)18(26)17-8-19-21-23(17)3/h4-8,11-12,14H,9-10H2,1-3H3. The van der Waals surface area contributed by atoms with Gasteiger partial charge in [0.25, 0.3) is 5.91 Å². The highest BCUT2D eigenvalue weighted by atomic mass is 16.2. The lowest BCUT2D eigenvalue weighted by molar-refractivity contribution is 0.0587. The van der Waals surface area contributed by atoms with Gasteiger partial charge in [0.05, 0.1) is 23.8 Å². The fraction of sp³-hybridized carbons (Fsp3) is 0.389. The number of hydrogen-bond donors (Lipinski definition) is 0. The molecule has 0 bridgehead atoms. The summed E-state index contributed by atoms with van der Waals surface area (Å²) in [6.07, 6.45) is 3.44. The molecular weight excluding hydrogens is 330 g/mol. The van der Waals surface area contributed by atoms with E-state index in [1.807, 2.05) is 6.20 Å². The normalized spacial score (nSPS) is 14.7. The Kier molecular flexibility index (Phi) is 4.02. The molecule has 1 fully saturated rings. The molecule has 0 aliphatic carbocycles. The summed E-state index contributed by atoms with van der Waals surface area (Å²) in [4.78, 5) is 14.2. The molecule has 26 heavy (non-hydrogen) atoms. The largest absolute Gasteiger partial charge is 0.336 e. The van der Waals surface area contributed by atoms with Gasteiger partial charge < -0.3 is 4.90 Å². The Hall–Kier alpha value is -3.03. The number of benzene rings is 1. The van der Waals surface area contributed by atoms with Gasteiger partial charge >= 0.3 is 0 Å². The van der Waals surface area contributed by atoms with Gasteiger partial charge in [0.1, 0.15) is 5.69 Å². The molecule has 134 valence electrons. The summed E-state index contributed by atoms with van der Waals surface area (Å²) in [5.41, 5.74) is 3.69. The minimum Gasteiger partial charge on any atom is -0.336 e. The zero-order valence-electron chi connectivity index (χ0n) is 15.1. The van der Waals surface area contributed by atoms with Crippen LogP contribution in [-0.2, 0) is 7.05 Å². The second-order valence-electron chi connectivity index (χ2n) is 6.98. The van der Waals surface area contributed by atoms with Gasteiger partial charge in [-0.2, -0.15) is 0 Å². The molecule has 0 spiro atoms. The number of aromatic nitrogens is 6. The zero-order valence-corrected chi connectivity index (χ0v) is 15.1. The van der Waals surface area contributed by atoms with Crippen LogP contribution in [0.15, 0.2) is 36.7 Å². The van der Waals surface area contributed by atoms with Crippen LogP contribution in [-0.4, -0.2) is 53.9 Å². The van der Waals surface area contributed by atoms with E-state index in [0.717, 1.165) is 11.4 Å². The second-order valence-corrected chi connectivity index (χ2v) is 6.98. The van der Waals surface area contributed by atoms with E-state index in [4.69, 9.17) is 0 Å². The van der Waals surface area contributed by atoms with Crippen LogP contribution in [0.4, 0.5) is 0 Å². The predicted molar refractivity (Wildman–Crippen MR) is 95.1 cm³/mol. The summed E-state index contributed by atoms with van der Waals surface area (Å²) in [7, 11) is 1.72. The van der Waals surface area contributed by atoms with Crippen molar-refractivity contribution in [3.05, 3.63) is 53.6 Å². The van der Waals surface area contributed by atoms with Crippen LogP contribution >= 0.6 is 0 Å². The first kappa shape index (κ1) is 16.4. The number of carbonyl (C=O) groups excluding carboxylic acids is 1. The fourth-order valence-electron chi connectivity index (χ4n) is 3.08. The molecule has 0 unspecified atom stereocenters. The number of aryl methyl sites for hydroxylation is 1. The van der Waals surface area contributed by atoms with Crippen LogP contribution in [0.3, 0.4) is 0 Å². The molecule has 1 aromatic carbocycles. The molecule has 3 heterocycles. The third-order valence-electron chi connectivity index (χ3n) is 4.86. The summed E-state index contributed by atoms with van der Waals surface area (Å²) in [6, 6.07) is 8.35. The van der Waals surface area contributed by atoms with E-state index in [1.54, 1.807) is 16.6 Å². The van der Waals surface area contributed by atoms with Gasteiger partial charge in [-0.3, -0.25) is 4.79 Å². The fourth-order valence-corrected chi connectivity index (χ4v) is 3.08. The smallest absolute Gasteiger partial charge is 0.273 e. The summed E-state index contributed by atoms with van der Waals surface area (Å²) < 4.78 is 3.28. The Labute approximate surface area is 151 Å². The number of amides is 1. The van der Waals surface area contributed by atoms with Crippen molar-refractivity contribution in [3.63, 3.8) is 0 Å². The van der Waals surface area contributed by atoms with Crippen molar-refractivity contribution in [1.82, 2.24) is 34.9 Å². The van der Waals surface area contributed by atoms with Crippen LogP contribution in [0.2, 0.25) is 0 Å². The van der Waals surface area contributed by atoms with Gasteiger partial charge in [-0.1, -0.05) is 36.4 Å². The molecule has 8 nitrogen and oxygen atoms in total. The predicted octanol–water partition coefficient (Wildman–Crippen LogP) is 1.76. The van der Waals surface area contributed by atoms with Crippen LogP contribution in [0.1, 0.15) is 47.4 Å². The van der Waals surface area contributed by atoms with Crippen LogP contribution in [0, 0.1) is 0 Å². The molecule has 1 aliphatic heterocycles. The lowest BCUT2D eigenvalue weighted by Gasteiger charge is -2.37. The molecule has 8 heteroatoms. The Morgan fingerprint density at radius 3 is 2.50 bits per heavy atom. The van der Waals surface area contributed by atoms with Crippen LogP contribution < -0.4 is 0 Å². The highest BCUT2D eigenvalue weighted by Gasteiger charge is 2.35. The maximum Gasteiger partial charge on any atom is 0.273 e. The molecule has 0 saturated carbocycles. The van der Waals surface area contributed by atoms with Gasteiger partial charge in [0.2, 0.25) is 0 Å². The van der Waals surface area contributed by atoms with Gasteiger partial charge in [-0.05, 0) is 23.6 Å². The Balaban J connectivity index is 1.42. The average molecular weight is 351 g/mol. The molecule has 0 atom stereocenters. The Morgan fingerprint density at radius 2 is 1.88 bits per heavy atom. The van der Waals surface area contributed by atoms with E-state index in [-0.39, 0.29) is 11.8 Å². The molecule has 1 aliphatic rings. The summed E-state index contributed by atoms with van der Waals surface area (Å²) in [6.45, 7) is 5.62. The molecule has 2 aromatic heterocycles. The van der Waals surface area contributed by atoms with Crippen molar-refractivity contribution in [2.45, 2.75) is 25.7 Å². The van der Waals surface area contributed by atoms with Gasteiger partial charge in [0, 0.05) is 26.1 Å². The lowest BCUT2D eigenvalue weighted by atomic mass is 9.96. The maximum absolute atomic E-state index is 12.4. The van der Waals surface area contributed by atoms with Crippen LogP contribution in [0.5, 0.6) is 0 Å². The highest BCUT2D eigenvalue weighted by molar-refractivity contribution is 5.92. The number of nitrogens with zero attached hydrogens (tertiary/aromatic N) is 7. The SMILES string of the molecule is CC(C)c1ccc(-n2cc(C3CN(C(=O)c4cnnn4C)C3)nn2)cc1. The van der Waals surface area contributed by atoms with Gasteiger partial charge in [-0.15, -0.1) is 10.2 Å². The molecule has 1 saturated heterocycles. The van der Waals surface area contributed by atoms with Gasteiger partial charge in [-0.25, -0.2) is 9.36 Å². The molecule has 3 aromatic rings. The first-order valence-electron chi connectivity index (χ1n) is 8.69. The first-order valence-corrected chi connectivity index (χ1v) is 8.69. The Bertz CT molecular complexity index is 919. The third kappa shape index (κ3) is 2.87. The van der Waals surface area contributed by atoms with E-state index in [1.165, 1.54) is 16.4 Å². The molecular formula is C18H21N7O. The van der Waals surface area contributed by atoms with E-state index < -0.39 is 0 Å². The number of likely N-dealkylation sites (tertiary alicyclic amines) is 1. The summed E-state index contributed by atoms with van der Waals surface area (Å²) in [5.74, 6) is 0.665. The molecule has 0 N–H and O–H groups in total. The average Bonchev–Trinajstić information content (AvgIpc) is 3.23. The molecule has 4 rings (SSSR count). The monoisotopic (exact) mass is 351 g/mol. The van der Waals surface area contributed by atoms with Crippen molar-refractivity contribution < 1.29 is 4.79 Å². The van der Waals surface area contributed by atoms with E-state index in [9.17, 15) is 4.79 Å². The van der Waals surface area contributed by atoms with Crippen molar-refractivity contribution in [2.75, 3.05) is 13.1 Å². The summed E-state index contributed by atoms with van der Waals surface area (Å²) >= 11 is 0. The number of hydrogen-bond acceptors (Lipinski definition) is 5. The number of carbonyl (C=O) groups is 1. The summed E-state index contributed by atoms with van der Waals surface area (Å²) in [5, 5.41) is 16.1. The number of rotatable bonds is 4. The second kappa shape index (κ2) is 6.36. The molecule has 1 amide bonds.